The quantitative estimate of drug-likeness (QED) is 0.770. The van der Waals surface area contributed by atoms with Gasteiger partial charge >= 0.3 is 0 Å². The highest BCUT2D eigenvalue weighted by atomic mass is 16.5. The zero-order valence-electron chi connectivity index (χ0n) is 14.7. The van der Waals surface area contributed by atoms with Crippen LogP contribution in [0.2, 0.25) is 0 Å². The van der Waals surface area contributed by atoms with Gasteiger partial charge in [0.25, 0.3) is 0 Å². The first-order valence-corrected chi connectivity index (χ1v) is 8.97. The van der Waals surface area contributed by atoms with Crippen molar-refractivity contribution in [3.63, 3.8) is 0 Å². The Labute approximate surface area is 144 Å². The van der Waals surface area contributed by atoms with Crippen molar-refractivity contribution >= 4 is 5.91 Å². The standard InChI is InChI=1S/C19H28N2O3/c1-15(2)3-4-18(22)21-13-19(14-21)17(7-10-24-19)12-23-11-16-5-8-20-9-6-16/h5-6,8-9,15,17H,3-4,7,10-14H2,1-2H3/t17-/m0/s1. The number of aromatic nitrogens is 1. The number of hydrogen-bond donors (Lipinski definition) is 0. The summed E-state index contributed by atoms with van der Waals surface area (Å²) in [6, 6.07) is 3.94. The third kappa shape index (κ3) is 3.95. The summed E-state index contributed by atoms with van der Waals surface area (Å²) in [5.41, 5.74) is 0.975. The Morgan fingerprint density at radius 3 is 2.88 bits per heavy atom. The maximum Gasteiger partial charge on any atom is 0.222 e. The largest absolute Gasteiger partial charge is 0.376 e. The van der Waals surface area contributed by atoms with E-state index < -0.39 is 0 Å². The molecular formula is C19H28N2O3. The van der Waals surface area contributed by atoms with Crippen LogP contribution in [0.1, 0.15) is 38.7 Å². The molecule has 0 radical (unpaired) electrons. The Kier molecular flexibility index (Phi) is 5.51. The number of nitrogens with zero attached hydrogens (tertiary/aromatic N) is 2. The Morgan fingerprint density at radius 2 is 2.17 bits per heavy atom. The molecular weight excluding hydrogens is 304 g/mol. The molecule has 1 amide bonds. The van der Waals surface area contributed by atoms with Crippen LogP contribution in [0.5, 0.6) is 0 Å². The second-order valence-electron chi connectivity index (χ2n) is 7.45. The van der Waals surface area contributed by atoms with Gasteiger partial charge in [0.2, 0.25) is 5.91 Å². The van der Waals surface area contributed by atoms with Gasteiger partial charge in [-0.1, -0.05) is 13.8 Å². The van der Waals surface area contributed by atoms with Crippen molar-refractivity contribution < 1.29 is 14.3 Å². The zero-order chi connectivity index (χ0) is 17.0. The van der Waals surface area contributed by atoms with Crippen molar-refractivity contribution in [1.29, 1.82) is 0 Å². The van der Waals surface area contributed by atoms with Crippen LogP contribution >= 0.6 is 0 Å². The van der Waals surface area contributed by atoms with Crippen LogP contribution in [0.4, 0.5) is 0 Å². The number of hydrogen-bond acceptors (Lipinski definition) is 4. The molecule has 5 heteroatoms. The molecule has 2 saturated heterocycles. The molecule has 2 fully saturated rings. The monoisotopic (exact) mass is 332 g/mol. The van der Waals surface area contributed by atoms with E-state index in [1.165, 1.54) is 0 Å². The van der Waals surface area contributed by atoms with Crippen molar-refractivity contribution in [2.45, 2.75) is 45.3 Å². The van der Waals surface area contributed by atoms with E-state index in [1.54, 1.807) is 12.4 Å². The lowest BCUT2D eigenvalue weighted by Crippen LogP contribution is -2.66. The van der Waals surface area contributed by atoms with Gasteiger partial charge in [0, 0.05) is 31.3 Å². The molecule has 1 aromatic rings. The van der Waals surface area contributed by atoms with Crippen molar-refractivity contribution in [1.82, 2.24) is 9.88 Å². The van der Waals surface area contributed by atoms with Crippen LogP contribution in [-0.4, -0.2) is 47.7 Å². The van der Waals surface area contributed by atoms with Crippen molar-refractivity contribution in [2.24, 2.45) is 11.8 Å². The molecule has 3 rings (SSSR count). The molecule has 24 heavy (non-hydrogen) atoms. The average molecular weight is 332 g/mol. The van der Waals surface area contributed by atoms with E-state index in [2.05, 4.69) is 18.8 Å². The lowest BCUT2D eigenvalue weighted by atomic mass is 9.81. The van der Waals surface area contributed by atoms with Crippen LogP contribution in [0.3, 0.4) is 0 Å². The van der Waals surface area contributed by atoms with Crippen LogP contribution in [0.25, 0.3) is 0 Å². The summed E-state index contributed by atoms with van der Waals surface area (Å²) in [6.45, 7) is 7.84. The van der Waals surface area contributed by atoms with Gasteiger partial charge in [0.05, 0.1) is 26.3 Å². The fourth-order valence-electron chi connectivity index (χ4n) is 3.51. The van der Waals surface area contributed by atoms with Crippen LogP contribution in [0.15, 0.2) is 24.5 Å². The molecule has 1 aromatic heterocycles. The number of likely N-dealkylation sites (tertiary alicyclic amines) is 1. The van der Waals surface area contributed by atoms with Crippen molar-refractivity contribution in [3.05, 3.63) is 30.1 Å². The molecule has 0 unspecified atom stereocenters. The second kappa shape index (κ2) is 7.62. The lowest BCUT2D eigenvalue weighted by molar-refractivity contribution is -0.169. The molecule has 0 saturated carbocycles. The van der Waals surface area contributed by atoms with E-state index in [9.17, 15) is 4.79 Å². The third-order valence-electron chi connectivity index (χ3n) is 5.14. The van der Waals surface area contributed by atoms with Gasteiger partial charge in [-0.15, -0.1) is 0 Å². The zero-order valence-corrected chi connectivity index (χ0v) is 14.7. The Bertz CT molecular complexity index is 541. The van der Waals surface area contributed by atoms with Gasteiger partial charge in [-0.2, -0.15) is 0 Å². The molecule has 3 heterocycles. The van der Waals surface area contributed by atoms with E-state index in [1.807, 2.05) is 17.0 Å². The molecule has 0 aromatic carbocycles. The smallest absolute Gasteiger partial charge is 0.222 e. The summed E-state index contributed by atoms with van der Waals surface area (Å²) >= 11 is 0. The predicted molar refractivity (Wildman–Crippen MR) is 91.3 cm³/mol. The minimum absolute atomic E-state index is 0.161. The van der Waals surface area contributed by atoms with Crippen molar-refractivity contribution in [3.8, 4) is 0 Å². The number of pyridine rings is 1. The SMILES string of the molecule is CC(C)CCC(=O)N1CC2(C1)OCC[C@H]2COCc1ccncc1. The fourth-order valence-corrected chi connectivity index (χ4v) is 3.51. The van der Waals surface area contributed by atoms with E-state index >= 15 is 0 Å². The van der Waals surface area contributed by atoms with E-state index in [-0.39, 0.29) is 11.5 Å². The highest BCUT2D eigenvalue weighted by Crippen LogP contribution is 2.40. The molecule has 1 atom stereocenters. The van der Waals surface area contributed by atoms with Gasteiger partial charge < -0.3 is 14.4 Å². The van der Waals surface area contributed by atoms with Crippen molar-refractivity contribution in [2.75, 3.05) is 26.3 Å². The average Bonchev–Trinajstić information content (AvgIpc) is 2.96. The van der Waals surface area contributed by atoms with E-state index in [0.29, 0.717) is 31.5 Å². The highest BCUT2D eigenvalue weighted by Gasteiger charge is 2.54. The first kappa shape index (κ1) is 17.4. The van der Waals surface area contributed by atoms with Gasteiger partial charge in [0.1, 0.15) is 5.60 Å². The highest BCUT2D eigenvalue weighted by molar-refractivity contribution is 5.77. The maximum absolute atomic E-state index is 12.2. The molecule has 5 nitrogen and oxygen atoms in total. The Balaban J connectivity index is 1.44. The first-order valence-electron chi connectivity index (χ1n) is 8.97. The topological polar surface area (TPSA) is 51.7 Å². The third-order valence-corrected chi connectivity index (χ3v) is 5.14. The molecule has 0 bridgehead atoms. The number of amides is 1. The van der Waals surface area contributed by atoms with Crippen LogP contribution < -0.4 is 0 Å². The normalized spacial score (nSPS) is 22.1. The maximum atomic E-state index is 12.2. The summed E-state index contributed by atoms with van der Waals surface area (Å²) in [7, 11) is 0. The van der Waals surface area contributed by atoms with Crippen LogP contribution in [-0.2, 0) is 20.9 Å². The summed E-state index contributed by atoms with van der Waals surface area (Å²) in [5.74, 6) is 1.22. The van der Waals surface area contributed by atoms with Gasteiger partial charge in [-0.3, -0.25) is 9.78 Å². The molecule has 0 aliphatic carbocycles. The summed E-state index contributed by atoms with van der Waals surface area (Å²) in [4.78, 5) is 18.2. The van der Waals surface area contributed by atoms with Gasteiger partial charge in [-0.05, 0) is 36.5 Å². The predicted octanol–water partition coefficient (Wildman–Crippen LogP) is 2.65. The number of rotatable bonds is 7. The molecule has 2 aliphatic rings. The fraction of sp³-hybridized carbons (Fsp3) is 0.684. The van der Waals surface area contributed by atoms with E-state index in [0.717, 1.165) is 38.1 Å². The number of carbonyl (C=O) groups excluding carboxylic acids is 1. The molecule has 2 aliphatic heterocycles. The van der Waals surface area contributed by atoms with E-state index in [4.69, 9.17) is 9.47 Å². The van der Waals surface area contributed by atoms with Crippen LogP contribution in [0, 0.1) is 11.8 Å². The molecule has 132 valence electrons. The minimum Gasteiger partial charge on any atom is -0.376 e. The number of ether oxygens (including phenoxy) is 2. The molecule has 0 N–H and O–H groups in total. The summed E-state index contributed by atoms with van der Waals surface area (Å²) < 4.78 is 11.9. The first-order chi connectivity index (χ1) is 11.6. The van der Waals surface area contributed by atoms with Gasteiger partial charge in [-0.25, -0.2) is 0 Å². The minimum atomic E-state index is -0.161. The van der Waals surface area contributed by atoms with Gasteiger partial charge in [0.15, 0.2) is 0 Å². The number of carbonyl (C=O) groups is 1. The lowest BCUT2D eigenvalue weighted by Gasteiger charge is -2.50. The Morgan fingerprint density at radius 1 is 1.42 bits per heavy atom. The summed E-state index contributed by atoms with van der Waals surface area (Å²) in [5, 5.41) is 0. The summed E-state index contributed by atoms with van der Waals surface area (Å²) in [6.07, 6.45) is 6.19. The molecule has 1 spiro atoms. The second-order valence-corrected chi connectivity index (χ2v) is 7.45. The Hall–Kier alpha value is -1.46.